The molecule has 2 nitrogen and oxygen atoms in total. The van der Waals surface area contributed by atoms with Gasteiger partial charge in [0.05, 0.1) is 0 Å². The smallest absolute Gasteiger partial charge is 0.0312 e. The normalized spacial score (nSPS) is 22.8. The molecule has 0 radical (unpaired) electrons. The van der Waals surface area contributed by atoms with Crippen LogP contribution in [0.3, 0.4) is 0 Å². The predicted octanol–water partition coefficient (Wildman–Crippen LogP) is 2.46. The summed E-state index contributed by atoms with van der Waals surface area (Å²) in [6.45, 7) is 4.62. The van der Waals surface area contributed by atoms with Gasteiger partial charge in [0.2, 0.25) is 0 Å². The Balaban J connectivity index is 1.97. The molecule has 1 aromatic rings. The van der Waals surface area contributed by atoms with Crippen molar-refractivity contribution in [3.8, 4) is 0 Å². The number of aromatic nitrogens is 1. The van der Waals surface area contributed by atoms with Gasteiger partial charge >= 0.3 is 0 Å². The van der Waals surface area contributed by atoms with E-state index in [1.54, 1.807) is 0 Å². The third-order valence-corrected chi connectivity index (χ3v) is 3.08. The van der Waals surface area contributed by atoms with Gasteiger partial charge in [-0.1, -0.05) is 13.0 Å². The van der Waals surface area contributed by atoms with Crippen LogP contribution >= 0.6 is 0 Å². The topological polar surface area (TPSA) is 16.1 Å². The Bertz CT molecular complexity index is 271. The summed E-state index contributed by atoms with van der Waals surface area (Å²) in [6.07, 6.45) is 7.83. The molecule has 1 aliphatic heterocycles. The molecule has 2 heteroatoms. The van der Waals surface area contributed by atoms with Gasteiger partial charge in [0.1, 0.15) is 0 Å². The largest absolute Gasteiger partial charge is 0.296 e. The molecule has 0 aliphatic carbocycles. The van der Waals surface area contributed by atoms with Crippen LogP contribution in [0.1, 0.15) is 31.7 Å². The van der Waals surface area contributed by atoms with Crippen LogP contribution in [0.15, 0.2) is 24.5 Å². The molecule has 1 saturated heterocycles. The molecule has 0 N–H and O–H groups in total. The van der Waals surface area contributed by atoms with E-state index in [0.717, 1.165) is 12.6 Å². The fourth-order valence-electron chi connectivity index (χ4n) is 2.29. The van der Waals surface area contributed by atoms with Gasteiger partial charge in [-0.05, 0) is 37.4 Å². The van der Waals surface area contributed by atoms with Crippen LogP contribution < -0.4 is 0 Å². The predicted molar refractivity (Wildman–Crippen MR) is 58.0 cm³/mol. The number of hydrogen-bond donors (Lipinski definition) is 0. The maximum absolute atomic E-state index is 4.15. The zero-order valence-corrected chi connectivity index (χ0v) is 8.82. The van der Waals surface area contributed by atoms with Gasteiger partial charge in [0.15, 0.2) is 0 Å². The Kier molecular flexibility index (Phi) is 3.14. The summed E-state index contributed by atoms with van der Waals surface area (Å²) < 4.78 is 0. The molecule has 2 heterocycles. The van der Waals surface area contributed by atoms with Crippen molar-refractivity contribution in [1.29, 1.82) is 0 Å². The van der Waals surface area contributed by atoms with E-state index in [9.17, 15) is 0 Å². The van der Waals surface area contributed by atoms with E-state index in [-0.39, 0.29) is 0 Å². The summed E-state index contributed by atoms with van der Waals surface area (Å²) in [6, 6.07) is 4.99. The van der Waals surface area contributed by atoms with Crippen molar-refractivity contribution in [2.24, 2.45) is 0 Å². The molecule has 14 heavy (non-hydrogen) atoms. The lowest BCUT2D eigenvalue weighted by Gasteiger charge is -2.22. The van der Waals surface area contributed by atoms with Gasteiger partial charge in [-0.15, -0.1) is 0 Å². The zero-order chi connectivity index (χ0) is 9.80. The van der Waals surface area contributed by atoms with E-state index in [1.807, 2.05) is 18.5 Å². The fourth-order valence-corrected chi connectivity index (χ4v) is 2.29. The van der Waals surface area contributed by atoms with E-state index >= 15 is 0 Å². The zero-order valence-electron chi connectivity index (χ0n) is 8.82. The van der Waals surface area contributed by atoms with Crippen LogP contribution in [-0.2, 0) is 6.54 Å². The molecule has 1 atom stereocenters. The maximum Gasteiger partial charge on any atom is 0.0312 e. The summed E-state index contributed by atoms with van der Waals surface area (Å²) in [4.78, 5) is 6.73. The minimum atomic E-state index is 0.801. The first kappa shape index (κ1) is 9.66. The second kappa shape index (κ2) is 4.56. The Labute approximate surface area is 86.0 Å². The van der Waals surface area contributed by atoms with Crippen LogP contribution in [-0.4, -0.2) is 22.5 Å². The second-order valence-electron chi connectivity index (χ2n) is 4.04. The SMILES string of the molecule is CCC1CCCN1Cc1cccnc1. The molecule has 76 valence electrons. The first-order chi connectivity index (χ1) is 6.90. The molecule has 0 amide bonds. The molecule has 0 saturated carbocycles. The van der Waals surface area contributed by atoms with Crippen molar-refractivity contribution in [1.82, 2.24) is 9.88 Å². The lowest BCUT2D eigenvalue weighted by Crippen LogP contribution is -2.28. The Morgan fingerprint density at radius 3 is 3.21 bits per heavy atom. The van der Waals surface area contributed by atoms with Crippen molar-refractivity contribution in [3.63, 3.8) is 0 Å². The van der Waals surface area contributed by atoms with E-state index in [0.29, 0.717) is 0 Å². The van der Waals surface area contributed by atoms with Crippen LogP contribution in [0.25, 0.3) is 0 Å². The van der Waals surface area contributed by atoms with E-state index < -0.39 is 0 Å². The van der Waals surface area contributed by atoms with Gasteiger partial charge in [-0.2, -0.15) is 0 Å². The number of rotatable bonds is 3. The minimum Gasteiger partial charge on any atom is -0.296 e. The highest BCUT2D eigenvalue weighted by molar-refractivity contribution is 5.08. The van der Waals surface area contributed by atoms with Crippen LogP contribution in [0.5, 0.6) is 0 Å². The van der Waals surface area contributed by atoms with Crippen LogP contribution in [0.2, 0.25) is 0 Å². The number of likely N-dealkylation sites (tertiary alicyclic amines) is 1. The molecule has 1 aromatic heterocycles. The van der Waals surface area contributed by atoms with Gasteiger partial charge < -0.3 is 0 Å². The molecular formula is C12H18N2. The lowest BCUT2D eigenvalue weighted by molar-refractivity contribution is 0.240. The third-order valence-electron chi connectivity index (χ3n) is 3.08. The van der Waals surface area contributed by atoms with Gasteiger partial charge in [-0.3, -0.25) is 9.88 Å². The molecule has 1 unspecified atom stereocenters. The van der Waals surface area contributed by atoms with Crippen molar-refractivity contribution in [2.45, 2.75) is 38.8 Å². The van der Waals surface area contributed by atoms with E-state index in [2.05, 4.69) is 22.9 Å². The molecular weight excluding hydrogens is 172 g/mol. The summed E-state index contributed by atoms with van der Waals surface area (Å²) in [5.74, 6) is 0. The fraction of sp³-hybridized carbons (Fsp3) is 0.583. The highest BCUT2D eigenvalue weighted by Gasteiger charge is 2.22. The molecule has 0 bridgehead atoms. The molecule has 0 spiro atoms. The standard InChI is InChI=1S/C12H18N2/c1-2-12-6-4-8-14(12)10-11-5-3-7-13-9-11/h3,5,7,9,12H,2,4,6,8,10H2,1H3. The Morgan fingerprint density at radius 2 is 2.50 bits per heavy atom. The number of hydrogen-bond acceptors (Lipinski definition) is 2. The van der Waals surface area contributed by atoms with Crippen molar-refractivity contribution >= 4 is 0 Å². The maximum atomic E-state index is 4.15. The second-order valence-corrected chi connectivity index (χ2v) is 4.04. The quantitative estimate of drug-likeness (QED) is 0.728. The highest BCUT2D eigenvalue weighted by atomic mass is 15.2. The molecule has 1 aliphatic rings. The molecule has 2 rings (SSSR count). The number of pyridine rings is 1. The average molecular weight is 190 g/mol. The van der Waals surface area contributed by atoms with Gasteiger partial charge in [-0.25, -0.2) is 0 Å². The van der Waals surface area contributed by atoms with Crippen molar-refractivity contribution < 1.29 is 0 Å². The van der Waals surface area contributed by atoms with Gasteiger partial charge in [0.25, 0.3) is 0 Å². The monoisotopic (exact) mass is 190 g/mol. The highest BCUT2D eigenvalue weighted by Crippen LogP contribution is 2.21. The van der Waals surface area contributed by atoms with Crippen LogP contribution in [0.4, 0.5) is 0 Å². The number of nitrogens with zero attached hydrogens (tertiary/aromatic N) is 2. The first-order valence-electron chi connectivity index (χ1n) is 5.53. The Hall–Kier alpha value is -0.890. The summed E-state index contributed by atoms with van der Waals surface area (Å²) in [7, 11) is 0. The van der Waals surface area contributed by atoms with Crippen molar-refractivity contribution in [2.75, 3.05) is 6.54 Å². The van der Waals surface area contributed by atoms with Gasteiger partial charge in [0, 0.05) is 25.0 Å². The average Bonchev–Trinajstić information content (AvgIpc) is 2.67. The summed E-state index contributed by atoms with van der Waals surface area (Å²) >= 11 is 0. The van der Waals surface area contributed by atoms with Crippen molar-refractivity contribution in [3.05, 3.63) is 30.1 Å². The molecule has 1 fully saturated rings. The molecule has 0 aromatic carbocycles. The van der Waals surface area contributed by atoms with Crippen LogP contribution in [0, 0.1) is 0 Å². The minimum absolute atomic E-state index is 0.801. The summed E-state index contributed by atoms with van der Waals surface area (Å²) in [5, 5.41) is 0. The summed E-state index contributed by atoms with van der Waals surface area (Å²) in [5.41, 5.74) is 1.34. The lowest BCUT2D eigenvalue weighted by atomic mass is 10.1. The third kappa shape index (κ3) is 2.13. The van der Waals surface area contributed by atoms with E-state index in [1.165, 1.54) is 31.4 Å². The first-order valence-corrected chi connectivity index (χ1v) is 5.53. The Morgan fingerprint density at radius 1 is 1.57 bits per heavy atom. The van der Waals surface area contributed by atoms with E-state index in [4.69, 9.17) is 0 Å².